The Hall–Kier alpha value is -2.89. The molecule has 6 heteroatoms. The Morgan fingerprint density at radius 1 is 1.14 bits per heavy atom. The number of phenols is 2. The Morgan fingerprint density at radius 2 is 1.86 bits per heavy atom. The van der Waals surface area contributed by atoms with Gasteiger partial charge in [-0.1, -0.05) is 18.2 Å². The van der Waals surface area contributed by atoms with E-state index in [2.05, 4.69) is 4.74 Å². The first-order chi connectivity index (χ1) is 10.5. The van der Waals surface area contributed by atoms with Gasteiger partial charge in [-0.3, -0.25) is 4.79 Å². The van der Waals surface area contributed by atoms with Crippen molar-refractivity contribution in [3.8, 4) is 17.2 Å². The number of hydrogen-bond acceptors (Lipinski definition) is 4. The van der Waals surface area contributed by atoms with E-state index in [0.29, 0.717) is 5.56 Å². The van der Waals surface area contributed by atoms with E-state index in [0.717, 1.165) is 12.1 Å². The molecule has 0 atom stereocenters. The van der Waals surface area contributed by atoms with E-state index in [1.807, 2.05) is 0 Å². The first kappa shape index (κ1) is 15.5. The number of ketones is 1. The summed E-state index contributed by atoms with van der Waals surface area (Å²) >= 11 is 0. The highest BCUT2D eigenvalue weighted by molar-refractivity contribution is 6.08. The zero-order valence-electron chi connectivity index (χ0n) is 11.2. The molecule has 0 aromatic heterocycles. The SMILES string of the molecule is O=C(/C=C/c1ccccc1OC(F)F)c1ccc(O)cc1O. The summed E-state index contributed by atoms with van der Waals surface area (Å²) in [5, 5.41) is 18.8. The average Bonchev–Trinajstić information content (AvgIpc) is 2.45. The van der Waals surface area contributed by atoms with Gasteiger partial charge in [0.1, 0.15) is 17.2 Å². The van der Waals surface area contributed by atoms with Crippen molar-refractivity contribution in [1.82, 2.24) is 0 Å². The van der Waals surface area contributed by atoms with Gasteiger partial charge in [0.05, 0.1) is 5.56 Å². The lowest BCUT2D eigenvalue weighted by Crippen LogP contribution is -2.03. The molecule has 4 nitrogen and oxygen atoms in total. The smallest absolute Gasteiger partial charge is 0.387 e. The lowest BCUT2D eigenvalue weighted by atomic mass is 10.1. The lowest BCUT2D eigenvalue weighted by Gasteiger charge is -2.07. The zero-order valence-corrected chi connectivity index (χ0v) is 11.2. The Kier molecular flexibility index (Phi) is 4.73. The van der Waals surface area contributed by atoms with Crippen LogP contribution < -0.4 is 4.74 Å². The second-order valence-corrected chi connectivity index (χ2v) is 4.32. The normalized spacial score (nSPS) is 11.0. The van der Waals surface area contributed by atoms with Crippen molar-refractivity contribution in [2.24, 2.45) is 0 Å². The van der Waals surface area contributed by atoms with Crippen LogP contribution in [0.4, 0.5) is 8.78 Å². The molecule has 0 radical (unpaired) electrons. The van der Waals surface area contributed by atoms with Crippen LogP contribution in [-0.4, -0.2) is 22.6 Å². The summed E-state index contributed by atoms with van der Waals surface area (Å²) in [4.78, 5) is 12.0. The summed E-state index contributed by atoms with van der Waals surface area (Å²) in [5.41, 5.74) is 0.288. The summed E-state index contributed by atoms with van der Waals surface area (Å²) < 4.78 is 28.9. The molecular formula is C16H12F2O4. The molecule has 0 saturated heterocycles. The topological polar surface area (TPSA) is 66.8 Å². The van der Waals surface area contributed by atoms with Gasteiger partial charge in [-0.2, -0.15) is 8.78 Å². The molecule has 114 valence electrons. The number of alkyl halides is 2. The number of ether oxygens (including phenoxy) is 1. The number of allylic oxidation sites excluding steroid dienone is 1. The molecule has 2 aromatic rings. The minimum absolute atomic E-state index is 0.0127. The Labute approximate surface area is 124 Å². The van der Waals surface area contributed by atoms with Crippen LogP contribution in [0.2, 0.25) is 0 Å². The Bertz CT molecular complexity index is 711. The molecule has 0 aliphatic heterocycles. The minimum atomic E-state index is -2.97. The van der Waals surface area contributed by atoms with E-state index >= 15 is 0 Å². The van der Waals surface area contributed by atoms with Crippen molar-refractivity contribution in [2.45, 2.75) is 6.61 Å². The number of carbonyl (C=O) groups is 1. The minimum Gasteiger partial charge on any atom is -0.508 e. The molecule has 0 aliphatic rings. The molecule has 0 saturated carbocycles. The predicted molar refractivity (Wildman–Crippen MR) is 76.2 cm³/mol. The molecule has 2 aromatic carbocycles. The number of rotatable bonds is 5. The maximum absolute atomic E-state index is 12.3. The van der Waals surface area contributed by atoms with Gasteiger partial charge in [0.2, 0.25) is 0 Å². The van der Waals surface area contributed by atoms with Crippen molar-refractivity contribution >= 4 is 11.9 Å². The molecule has 0 unspecified atom stereocenters. The van der Waals surface area contributed by atoms with Gasteiger partial charge in [0.25, 0.3) is 0 Å². The molecule has 0 heterocycles. The second-order valence-electron chi connectivity index (χ2n) is 4.32. The van der Waals surface area contributed by atoms with Crippen LogP contribution in [0.3, 0.4) is 0 Å². The molecule has 22 heavy (non-hydrogen) atoms. The Morgan fingerprint density at radius 3 is 2.55 bits per heavy atom. The van der Waals surface area contributed by atoms with Crippen molar-refractivity contribution < 1.29 is 28.5 Å². The predicted octanol–water partition coefficient (Wildman–Crippen LogP) is 3.60. The van der Waals surface area contributed by atoms with Crippen LogP contribution in [0.25, 0.3) is 6.08 Å². The van der Waals surface area contributed by atoms with Crippen LogP contribution in [0.1, 0.15) is 15.9 Å². The van der Waals surface area contributed by atoms with Crippen LogP contribution in [-0.2, 0) is 0 Å². The van der Waals surface area contributed by atoms with Crippen molar-refractivity contribution in [2.75, 3.05) is 0 Å². The number of aromatic hydroxyl groups is 2. The third-order valence-electron chi connectivity index (χ3n) is 2.80. The molecular weight excluding hydrogens is 294 g/mol. The number of halogens is 2. The summed E-state index contributed by atoms with van der Waals surface area (Å²) in [5.74, 6) is -1.14. The van der Waals surface area contributed by atoms with Gasteiger partial charge >= 0.3 is 6.61 Å². The first-order valence-electron chi connectivity index (χ1n) is 6.25. The molecule has 2 N–H and O–H groups in total. The number of para-hydroxylation sites is 1. The van der Waals surface area contributed by atoms with Gasteiger partial charge in [-0.05, 0) is 30.4 Å². The van der Waals surface area contributed by atoms with Gasteiger partial charge < -0.3 is 14.9 Å². The molecule has 0 amide bonds. The summed E-state index contributed by atoms with van der Waals surface area (Å²) in [7, 11) is 0. The van der Waals surface area contributed by atoms with Crippen LogP contribution in [0.5, 0.6) is 17.2 Å². The van der Waals surface area contributed by atoms with Gasteiger partial charge in [-0.15, -0.1) is 0 Å². The van der Waals surface area contributed by atoms with Crippen molar-refractivity contribution in [3.63, 3.8) is 0 Å². The zero-order chi connectivity index (χ0) is 16.1. The molecule has 0 aliphatic carbocycles. The van der Waals surface area contributed by atoms with E-state index in [9.17, 15) is 23.8 Å². The Balaban J connectivity index is 2.23. The summed E-state index contributed by atoms with van der Waals surface area (Å²) in [6.07, 6.45) is 2.44. The van der Waals surface area contributed by atoms with E-state index in [1.54, 1.807) is 6.07 Å². The second kappa shape index (κ2) is 6.71. The molecule has 2 rings (SSSR count). The number of hydrogen-bond donors (Lipinski definition) is 2. The molecule has 0 bridgehead atoms. The summed E-state index contributed by atoms with van der Waals surface area (Å²) in [6, 6.07) is 9.57. The number of carbonyl (C=O) groups excluding carboxylic acids is 1. The summed E-state index contributed by atoms with van der Waals surface area (Å²) in [6.45, 7) is -2.97. The highest BCUT2D eigenvalue weighted by Crippen LogP contribution is 2.25. The number of benzene rings is 2. The van der Waals surface area contributed by atoms with Gasteiger partial charge in [-0.25, -0.2) is 0 Å². The highest BCUT2D eigenvalue weighted by atomic mass is 19.3. The maximum Gasteiger partial charge on any atom is 0.387 e. The lowest BCUT2D eigenvalue weighted by molar-refractivity contribution is -0.0499. The molecule has 0 spiro atoms. The average molecular weight is 306 g/mol. The third-order valence-corrected chi connectivity index (χ3v) is 2.80. The monoisotopic (exact) mass is 306 g/mol. The standard InChI is InChI=1S/C16H12F2O4/c17-16(18)22-15-4-2-1-3-10(15)5-8-13(20)12-7-6-11(19)9-14(12)21/h1-9,16,19,21H/b8-5+. The van der Waals surface area contributed by atoms with E-state index in [4.69, 9.17) is 0 Å². The number of phenolic OH excluding ortho intramolecular Hbond substituents is 2. The van der Waals surface area contributed by atoms with E-state index in [-0.39, 0.29) is 22.8 Å². The van der Waals surface area contributed by atoms with Gasteiger partial charge in [0, 0.05) is 11.6 Å². The van der Waals surface area contributed by atoms with Gasteiger partial charge in [0.15, 0.2) is 5.78 Å². The first-order valence-corrected chi connectivity index (χ1v) is 6.25. The quantitative estimate of drug-likeness (QED) is 0.654. The van der Waals surface area contributed by atoms with Crippen LogP contribution >= 0.6 is 0 Å². The van der Waals surface area contributed by atoms with Crippen molar-refractivity contribution in [1.29, 1.82) is 0 Å². The third kappa shape index (κ3) is 3.82. The van der Waals surface area contributed by atoms with Crippen LogP contribution in [0.15, 0.2) is 48.5 Å². The fraction of sp³-hybridized carbons (Fsp3) is 0.0625. The largest absolute Gasteiger partial charge is 0.508 e. The fourth-order valence-corrected chi connectivity index (χ4v) is 1.81. The fourth-order valence-electron chi connectivity index (χ4n) is 1.81. The maximum atomic E-state index is 12.3. The highest BCUT2D eigenvalue weighted by Gasteiger charge is 2.10. The molecule has 0 fully saturated rings. The van der Waals surface area contributed by atoms with E-state index < -0.39 is 12.4 Å². The van der Waals surface area contributed by atoms with Crippen LogP contribution in [0, 0.1) is 0 Å². The van der Waals surface area contributed by atoms with Crippen molar-refractivity contribution in [3.05, 3.63) is 59.7 Å². The van der Waals surface area contributed by atoms with E-state index in [1.165, 1.54) is 36.4 Å².